The Hall–Kier alpha value is -1.02. The molecule has 2 nitrogen and oxygen atoms in total. The second-order valence-corrected chi connectivity index (χ2v) is 2.70. The summed E-state index contributed by atoms with van der Waals surface area (Å²) in [7, 11) is 0. The zero-order valence-electron chi connectivity index (χ0n) is 8.59. The first kappa shape index (κ1) is 12.0. The monoisotopic (exact) mass is 180 g/mol. The van der Waals surface area contributed by atoms with Crippen LogP contribution in [0.3, 0.4) is 0 Å². The van der Waals surface area contributed by atoms with Gasteiger partial charge in [0.05, 0.1) is 0 Å². The van der Waals surface area contributed by atoms with Crippen molar-refractivity contribution >= 4 is 5.69 Å². The van der Waals surface area contributed by atoms with E-state index in [-0.39, 0.29) is 0 Å². The van der Waals surface area contributed by atoms with Crippen molar-refractivity contribution in [3.05, 3.63) is 30.3 Å². The first-order chi connectivity index (χ1) is 6.35. The molecule has 0 atom stereocenters. The van der Waals surface area contributed by atoms with E-state index in [1.54, 1.807) is 0 Å². The minimum Gasteiger partial charge on any atom is -0.385 e. The molecule has 1 rings (SSSR count). The highest BCUT2D eigenvalue weighted by atomic mass is 14.9. The van der Waals surface area contributed by atoms with Crippen LogP contribution in [0, 0.1) is 0 Å². The summed E-state index contributed by atoms with van der Waals surface area (Å²) in [6.07, 6.45) is 1.18. The van der Waals surface area contributed by atoms with Gasteiger partial charge in [0.1, 0.15) is 0 Å². The van der Waals surface area contributed by atoms with Gasteiger partial charge in [0.25, 0.3) is 0 Å². The van der Waals surface area contributed by atoms with Crippen molar-refractivity contribution in [1.29, 1.82) is 0 Å². The van der Waals surface area contributed by atoms with Crippen LogP contribution in [0.5, 0.6) is 0 Å². The number of hydrogen-bond donors (Lipinski definition) is 2. The van der Waals surface area contributed by atoms with Crippen LogP contribution in [0.2, 0.25) is 0 Å². The molecule has 0 fully saturated rings. The molecule has 74 valence electrons. The molecule has 0 saturated heterocycles. The number of benzene rings is 1. The molecule has 0 bridgehead atoms. The number of nitrogens with one attached hydrogen (secondary N) is 1. The topological polar surface area (TPSA) is 38.0 Å². The molecule has 0 aliphatic carbocycles. The third-order valence-electron chi connectivity index (χ3n) is 1.35. The lowest BCUT2D eigenvalue weighted by Gasteiger charge is -2.01. The van der Waals surface area contributed by atoms with Crippen molar-refractivity contribution in [3.63, 3.8) is 0 Å². The van der Waals surface area contributed by atoms with E-state index in [1.807, 2.05) is 25.1 Å². The molecule has 0 aliphatic heterocycles. The molecular formula is C11H20N2. The van der Waals surface area contributed by atoms with Gasteiger partial charge in [-0.3, -0.25) is 0 Å². The summed E-state index contributed by atoms with van der Waals surface area (Å²) in [6, 6.07) is 10.3. The zero-order chi connectivity index (χ0) is 9.94. The van der Waals surface area contributed by atoms with E-state index in [2.05, 4.69) is 24.4 Å². The Labute approximate surface area is 81.2 Å². The van der Waals surface area contributed by atoms with E-state index in [1.165, 1.54) is 12.1 Å². The summed E-state index contributed by atoms with van der Waals surface area (Å²) in [5, 5.41) is 3.29. The van der Waals surface area contributed by atoms with E-state index >= 15 is 0 Å². The molecule has 0 aromatic heterocycles. The van der Waals surface area contributed by atoms with Crippen LogP contribution in [0.25, 0.3) is 0 Å². The maximum absolute atomic E-state index is 4.85. The smallest absolute Gasteiger partial charge is 0.0340 e. The van der Waals surface area contributed by atoms with Crippen LogP contribution in [-0.2, 0) is 0 Å². The summed E-state index contributed by atoms with van der Waals surface area (Å²) in [4.78, 5) is 0. The van der Waals surface area contributed by atoms with Crippen LogP contribution in [0.4, 0.5) is 5.69 Å². The average Bonchev–Trinajstić information content (AvgIpc) is 2.18. The van der Waals surface area contributed by atoms with Gasteiger partial charge in [0, 0.05) is 12.2 Å². The van der Waals surface area contributed by atoms with Crippen LogP contribution in [0.1, 0.15) is 20.3 Å². The van der Waals surface area contributed by atoms with Gasteiger partial charge in [0.2, 0.25) is 0 Å². The van der Waals surface area contributed by atoms with Crippen LogP contribution < -0.4 is 11.1 Å². The number of rotatable bonds is 3. The Balaban J connectivity index is 0.000000424. The summed E-state index contributed by atoms with van der Waals surface area (Å²) < 4.78 is 0. The standard InChI is InChI=1S/C9H13N.C2H7N/c1-2-8-10-9-6-4-3-5-7-9;1-2-3/h3-7,10H,2,8H2,1H3;2-3H2,1H3. The van der Waals surface area contributed by atoms with Gasteiger partial charge in [-0.05, 0) is 25.1 Å². The van der Waals surface area contributed by atoms with Crippen molar-refractivity contribution in [1.82, 2.24) is 0 Å². The summed E-state index contributed by atoms with van der Waals surface area (Å²) in [5.74, 6) is 0. The summed E-state index contributed by atoms with van der Waals surface area (Å²) in [5.41, 5.74) is 6.06. The van der Waals surface area contributed by atoms with Gasteiger partial charge in [-0.25, -0.2) is 0 Å². The molecule has 0 aliphatic rings. The maximum Gasteiger partial charge on any atom is 0.0340 e. The highest BCUT2D eigenvalue weighted by molar-refractivity contribution is 5.42. The molecule has 2 heteroatoms. The normalized spacial score (nSPS) is 8.54. The highest BCUT2D eigenvalue weighted by Crippen LogP contribution is 2.03. The number of hydrogen-bond acceptors (Lipinski definition) is 2. The van der Waals surface area contributed by atoms with Crippen molar-refractivity contribution in [3.8, 4) is 0 Å². The number of anilines is 1. The first-order valence-corrected chi connectivity index (χ1v) is 4.84. The van der Waals surface area contributed by atoms with Crippen LogP contribution in [-0.4, -0.2) is 13.1 Å². The lowest BCUT2D eigenvalue weighted by atomic mass is 10.3. The Morgan fingerprint density at radius 1 is 1.15 bits per heavy atom. The number of para-hydroxylation sites is 1. The Kier molecular flexibility index (Phi) is 8.36. The van der Waals surface area contributed by atoms with Crippen LogP contribution >= 0.6 is 0 Å². The van der Waals surface area contributed by atoms with Gasteiger partial charge < -0.3 is 11.1 Å². The second-order valence-electron chi connectivity index (χ2n) is 2.70. The van der Waals surface area contributed by atoms with Gasteiger partial charge in [-0.2, -0.15) is 0 Å². The van der Waals surface area contributed by atoms with E-state index in [4.69, 9.17) is 5.73 Å². The quantitative estimate of drug-likeness (QED) is 0.750. The first-order valence-electron chi connectivity index (χ1n) is 4.84. The summed E-state index contributed by atoms with van der Waals surface area (Å²) in [6.45, 7) is 5.87. The minimum absolute atomic E-state index is 0.750. The van der Waals surface area contributed by atoms with Crippen molar-refractivity contribution in [2.75, 3.05) is 18.4 Å². The fraction of sp³-hybridized carbons (Fsp3) is 0.455. The third-order valence-corrected chi connectivity index (χ3v) is 1.35. The largest absolute Gasteiger partial charge is 0.385 e. The molecule has 0 saturated carbocycles. The van der Waals surface area contributed by atoms with E-state index in [0.29, 0.717) is 0 Å². The predicted molar refractivity (Wildman–Crippen MR) is 60.0 cm³/mol. The van der Waals surface area contributed by atoms with E-state index in [9.17, 15) is 0 Å². The SMILES string of the molecule is CCCNc1ccccc1.CCN. The number of nitrogens with two attached hydrogens (primary N) is 1. The molecular weight excluding hydrogens is 160 g/mol. The van der Waals surface area contributed by atoms with Gasteiger partial charge in [0.15, 0.2) is 0 Å². The Bertz CT molecular complexity index is 185. The van der Waals surface area contributed by atoms with Crippen LogP contribution in [0.15, 0.2) is 30.3 Å². The molecule has 0 radical (unpaired) electrons. The summed E-state index contributed by atoms with van der Waals surface area (Å²) >= 11 is 0. The molecule has 0 spiro atoms. The third kappa shape index (κ3) is 7.34. The minimum atomic E-state index is 0.750. The molecule has 3 N–H and O–H groups in total. The highest BCUT2D eigenvalue weighted by Gasteiger charge is 1.84. The Morgan fingerprint density at radius 3 is 2.15 bits per heavy atom. The molecule has 13 heavy (non-hydrogen) atoms. The van der Waals surface area contributed by atoms with Crippen molar-refractivity contribution in [2.45, 2.75) is 20.3 Å². The van der Waals surface area contributed by atoms with Gasteiger partial charge in [-0.1, -0.05) is 32.0 Å². The molecule has 1 aromatic carbocycles. The molecule has 0 amide bonds. The predicted octanol–water partition coefficient (Wildman–Crippen LogP) is 2.47. The van der Waals surface area contributed by atoms with Crippen molar-refractivity contribution < 1.29 is 0 Å². The lowest BCUT2D eigenvalue weighted by molar-refractivity contribution is 0.980. The fourth-order valence-electron chi connectivity index (χ4n) is 0.825. The lowest BCUT2D eigenvalue weighted by Crippen LogP contribution is -1.98. The van der Waals surface area contributed by atoms with Crippen molar-refractivity contribution in [2.24, 2.45) is 5.73 Å². The molecule has 0 heterocycles. The zero-order valence-corrected chi connectivity index (χ0v) is 8.59. The Morgan fingerprint density at radius 2 is 1.69 bits per heavy atom. The van der Waals surface area contributed by atoms with E-state index < -0.39 is 0 Å². The van der Waals surface area contributed by atoms with E-state index in [0.717, 1.165) is 13.1 Å². The maximum atomic E-state index is 4.85. The second kappa shape index (κ2) is 9.07. The molecule has 1 aromatic rings. The average molecular weight is 180 g/mol. The fourth-order valence-corrected chi connectivity index (χ4v) is 0.825. The van der Waals surface area contributed by atoms with Gasteiger partial charge in [-0.15, -0.1) is 0 Å². The van der Waals surface area contributed by atoms with Gasteiger partial charge >= 0.3 is 0 Å². The molecule has 0 unspecified atom stereocenters.